The minimum Gasteiger partial charge on any atom is -0.391 e. The molecule has 0 spiro atoms. The lowest BCUT2D eigenvalue weighted by atomic mass is 10.3. The Morgan fingerprint density at radius 1 is 1.25 bits per heavy atom. The summed E-state index contributed by atoms with van der Waals surface area (Å²) in [6.07, 6.45) is 0. The van der Waals surface area contributed by atoms with Crippen LogP contribution in [0.5, 0.6) is 0 Å². The molecule has 0 saturated heterocycles. The Hall–Kier alpha value is -1.66. The van der Waals surface area contributed by atoms with E-state index in [2.05, 4.69) is 10.1 Å². The van der Waals surface area contributed by atoms with E-state index in [1.54, 1.807) is 11.3 Å². The van der Waals surface area contributed by atoms with Crippen molar-refractivity contribution in [1.82, 2.24) is 10.1 Å². The van der Waals surface area contributed by atoms with Gasteiger partial charge >= 0.3 is 0 Å². The highest BCUT2D eigenvalue weighted by atomic mass is 32.1. The standard InChI is InChI=1S/C10H7N3OS2/c11-8-2-1-7(16-8)10-12-9(13-14-10)6-3-4-15-5-6/h1-5H,11H2. The second-order valence-electron chi connectivity index (χ2n) is 3.14. The first-order chi connectivity index (χ1) is 7.83. The van der Waals surface area contributed by atoms with Crippen LogP contribution in [0.4, 0.5) is 5.00 Å². The molecule has 3 aromatic heterocycles. The van der Waals surface area contributed by atoms with Crippen LogP contribution in [0.2, 0.25) is 0 Å². The second-order valence-corrected chi connectivity index (χ2v) is 5.03. The van der Waals surface area contributed by atoms with E-state index in [-0.39, 0.29) is 0 Å². The van der Waals surface area contributed by atoms with Gasteiger partial charge in [0.2, 0.25) is 5.82 Å². The molecule has 0 atom stereocenters. The van der Waals surface area contributed by atoms with Crippen molar-refractivity contribution in [3.8, 4) is 22.2 Å². The van der Waals surface area contributed by atoms with Crippen molar-refractivity contribution < 1.29 is 4.52 Å². The fourth-order valence-corrected chi connectivity index (χ4v) is 2.63. The maximum Gasteiger partial charge on any atom is 0.268 e. The summed E-state index contributed by atoms with van der Waals surface area (Å²) in [6, 6.07) is 5.67. The molecule has 0 radical (unpaired) electrons. The zero-order valence-electron chi connectivity index (χ0n) is 8.08. The topological polar surface area (TPSA) is 64.9 Å². The molecule has 0 aliphatic heterocycles. The monoisotopic (exact) mass is 249 g/mol. The molecule has 0 fully saturated rings. The molecule has 0 amide bonds. The summed E-state index contributed by atoms with van der Waals surface area (Å²) in [7, 11) is 0. The summed E-state index contributed by atoms with van der Waals surface area (Å²) in [5.74, 6) is 1.13. The average Bonchev–Trinajstić information content (AvgIpc) is 2.97. The third-order valence-electron chi connectivity index (χ3n) is 2.04. The second kappa shape index (κ2) is 3.73. The van der Waals surface area contributed by atoms with Gasteiger partial charge in [-0.25, -0.2) is 0 Å². The van der Waals surface area contributed by atoms with Gasteiger partial charge in [-0.1, -0.05) is 5.16 Å². The van der Waals surface area contributed by atoms with Crippen LogP contribution in [-0.4, -0.2) is 10.1 Å². The van der Waals surface area contributed by atoms with Crippen LogP contribution >= 0.6 is 22.7 Å². The zero-order valence-corrected chi connectivity index (χ0v) is 9.72. The Kier molecular flexibility index (Phi) is 2.23. The molecule has 0 unspecified atom stereocenters. The summed E-state index contributed by atoms with van der Waals surface area (Å²) in [6.45, 7) is 0. The quantitative estimate of drug-likeness (QED) is 0.758. The minimum atomic E-state index is 0.517. The molecular formula is C10H7N3OS2. The van der Waals surface area contributed by atoms with E-state index < -0.39 is 0 Å². The summed E-state index contributed by atoms with van der Waals surface area (Å²) in [5, 5.41) is 8.64. The molecule has 16 heavy (non-hydrogen) atoms. The fourth-order valence-electron chi connectivity index (χ4n) is 1.30. The van der Waals surface area contributed by atoms with Crippen molar-refractivity contribution in [3.05, 3.63) is 29.0 Å². The van der Waals surface area contributed by atoms with Crippen molar-refractivity contribution in [2.75, 3.05) is 5.73 Å². The number of hydrogen-bond donors (Lipinski definition) is 1. The number of nitrogens with two attached hydrogens (primary N) is 1. The highest BCUT2D eigenvalue weighted by Crippen LogP contribution is 2.29. The summed E-state index contributed by atoms with van der Waals surface area (Å²) < 4.78 is 5.19. The molecule has 3 heterocycles. The van der Waals surface area contributed by atoms with Gasteiger partial charge in [0, 0.05) is 10.9 Å². The van der Waals surface area contributed by atoms with Gasteiger partial charge in [-0.05, 0) is 23.6 Å². The molecule has 0 aliphatic rings. The van der Waals surface area contributed by atoms with E-state index in [1.807, 2.05) is 29.0 Å². The van der Waals surface area contributed by atoms with Crippen LogP contribution in [0.3, 0.4) is 0 Å². The lowest BCUT2D eigenvalue weighted by Gasteiger charge is -1.84. The van der Waals surface area contributed by atoms with Gasteiger partial charge in [-0.3, -0.25) is 0 Å². The average molecular weight is 249 g/mol. The molecule has 4 nitrogen and oxygen atoms in total. The van der Waals surface area contributed by atoms with Crippen LogP contribution < -0.4 is 5.73 Å². The number of nitrogen functional groups attached to an aromatic ring is 1. The van der Waals surface area contributed by atoms with Crippen molar-refractivity contribution in [2.24, 2.45) is 0 Å². The molecule has 2 N–H and O–H groups in total. The van der Waals surface area contributed by atoms with Gasteiger partial charge in [0.25, 0.3) is 5.89 Å². The Bertz CT molecular complexity index is 597. The van der Waals surface area contributed by atoms with Gasteiger partial charge in [0.15, 0.2) is 0 Å². The molecule has 80 valence electrons. The number of hydrogen-bond acceptors (Lipinski definition) is 6. The van der Waals surface area contributed by atoms with E-state index in [0.717, 1.165) is 15.4 Å². The van der Waals surface area contributed by atoms with Crippen LogP contribution in [0.25, 0.3) is 22.2 Å². The molecular weight excluding hydrogens is 242 g/mol. The van der Waals surface area contributed by atoms with Gasteiger partial charge in [0.1, 0.15) is 0 Å². The van der Waals surface area contributed by atoms with Gasteiger partial charge < -0.3 is 10.3 Å². The van der Waals surface area contributed by atoms with Crippen LogP contribution in [-0.2, 0) is 0 Å². The smallest absolute Gasteiger partial charge is 0.268 e. The van der Waals surface area contributed by atoms with Gasteiger partial charge in [-0.15, -0.1) is 11.3 Å². The zero-order chi connectivity index (χ0) is 11.0. The van der Waals surface area contributed by atoms with E-state index >= 15 is 0 Å². The number of thiophene rings is 2. The Balaban J connectivity index is 2.00. The van der Waals surface area contributed by atoms with Crippen molar-refractivity contribution in [2.45, 2.75) is 0 Å². The first-order valence-electron chi connectivity index (χ1n) is 4.55. The number of anilines is 1. The van der Waals surface area contributed by atoms with Gasteiger partial charge in [-0.2, -0.15) is 16.3 Å². The molecule has 0 aliphatic carbocycles. The summed E-state index contributed by atoms with van der Waals surface area (Å²) in [4.78, 5) is 5.21. The number of nitrogens with zero attached hydrogens (tertiary/aromatic N) is 2. The molecule has 3 aromatic rings. The molecule has 0 saturated carbocycles. The Morgan fingerprint density at radius 3 is 2.88 bits per heavy atom. The Morgan fingerprint density at radius 2 is 2.19 bits per heavy atom. The lowest BCUT2D eigenvalue weighted by molar-refractivity contribution is 0.433. The molecule has 6 heteroatoms. The first kappa shape index (κ1) is 9.56. The minimum absolute atomic E-state index is 0.517. The fraction of sp³-hybridized carbons (Fsp3) is 0. The largest absolute Gasteiger partial charge is 0.391 e. The maximum atomic E-state index is 5.65. The highest BCUT2D eigenvalue weighted by Gasteiger charge is 2.12. The van der Waals surface area contributed by atoms with Crippen LogP contribution in [0, 0.1) is 0 Å². The third kappa shape index (κ3) is 1.62. The maximum absolute atomic E-state index is 5.65. The van der Waals surface area contributed by atoms with Crippen molar-refractivity contribution >= 4 is 27.7 Å². The highest BCUT2D eigenvalue weighted by molar-refractivity contribution is 7.19. The lowest BCUT2D eigenvalue weighted by Crippen LogP contribution is -1.75. The SMILES string of the molecule is Nc1ccc(-c2nc(-c3ccsc3)no2)s1. The predicted octanol–water partition coefficient (Wildman–Crippen LogP) is 3.11. The number of aromatic nitrogens is 2. The van der Waals surface area contributed by atoms with Crippen molar-refractivity contribution in [1.29, 1.82) is 0 Å². The van der Waals surface area contributed by atoms with Crippen molar-refractivity contribution in [3.63, 3.8) is 0 Å². The third-order valence-corrected chi connectivity index (χ3v) is 3.63. The van der Waals surface area contributed by atoms with E-state index in [0.29, 0.717) is 11.7 Å². The summed E-state index contributed by atoms with van der Waals surface area (Å²) >= 11 is 3.04. The predicted molar refractivity (Wildman–Crippen MR) is 65.3 cm³/mol. The Labute approximate surface area is 99.4 Å². The molecule has 0 bridgehead atoms. The summed E-state index contributed by atoms with van der Waals surface area (Å²) in [5.41, 5.74) is 6.62. The van der Waals surface area contributed by atoms with Gasteiger partial charge in [0.05, 0.1) is 9.88 Å². The number of rotatable bonds is 2. The molecule has 0 aromatic carbocycles. The van der Waals surface area contributed by atoms with Crippen LogP contribution in [0.15, 0.2) is 33.5 Å². The first-order valence-corrected chi connectivity index (χ1v) is 6.31. The van der Waals surface area contributed by atoms with E-state index in [1.165, 1.54) is 11.3 Å². The van der Waals surface area contributed by atoms with E-state index in [4.69, 9.17) is 10.3 Å². The molecule has 3 rings (SSSR count). The van der Waals surface area contributed by atoms with E-state index in [9.17, 15) is 0 Å². The normalized spacial score (nSPS) is 10.8. The van der Waals surface area contributed by atoms with Crippen LogP contribution in [0.1, 0.15) is 0 Å².